The highest BCUT2D eigenvalue weighted by Crippen LogP contribution is 2.35. The fraction of sp³-hybridized carbons (Fsp3) is 0.269. The zero-order valence-electron chi connectivity index (χ0n) is 19.0. The Labute approximate surface area is 203 Å². The highest BCUT2D eigenvalue weighted by Gasteiger charge is 2.22. The molecule has 1 N–H and O–H groups in total. The number of aromatic nitrogens is 1. The van der Waals surface area contributed by atoms with E-state index in [1.165, 1.54) is 7.11 Å². The summed E-state index contributed by atoms with van der Waals surface area (Å²) in [6.07, 6.45) is 5.50. The van der Waals surface area contributed by atoms with Crippen molar-refractivity contribution in [3.63, 3.8) is 0 Å². The van der Waals surface area contributed by atoms with E-state index in [2.05, 4.69) is 16.4 Å². The highest BCUT2D eigenvalue weighted by molar-refractivity contribution is 7.98. The Morgan fingerprint density at radius 1 is 1.18 bits per heavy atom. The van der Waals surface area contributed by atoms with Crippen molar-refractivity contribution in [3.8, 4) is 23.4 Å². The standard InChI is InChI=1S/C26H25N3O4S/c1-31-24-12-17(15-27)6-7-23(24)33-26-22(13-19(16-28-26)18-8-10-32-11-9-18)25(30)29-20-4-3-5-21(14-20)34-2/h3-7,12-14,16,18H,8-11H2,1-2H3,(H,29,30). The monoisotopic (exact) mass is 475 g/mol. The molecule has 0 bridgehead atoms. The lowest BCUT2D eigenvalue weighted by Gasteiger charge is -2.23. The molecule has 1 saturated heterocycles. The number of thioether (sulfide) groups is 1. The van der Waals surface area contributed by atoms with Crippen LogP contribution in [0.3, 0.4) is 0 Å². The van der Waals surface area contributed by atoms with Crippen molar-refractivity contribution in [2.45, 2.75) is 23.7 Å². The van der Waals surface area contributed by atoms with Crippen LogP contribution in [0.25, 0.3) is 0 Å². The number of carbonyl (C=O) groups is 1. The average Bonchev–Trinajstić information content (AvgIpc) is 2.89. The summed E-state index contributed by atoms with van der Waals surface area (Å²) in [4.78, 5) is 18.9. The number of nitrogens with one attached hydrogen (secondary N) is 1. The van der Waals surface area contributed by atoms with Crippen LogP contribution in [0.1, 0.15) is 40.2 Å². The topological polar surface area (TPSA) is 93.5 Å². The summed E-state index contributed by atoms with van der Waals surface area (Å²) in [5, 5.41) is 12.1. The summed E-state index contributed by atoms with van der Waals surface area (Å²) >= 11 is 1.60. The third-order valence-corrected chi connectivity index (χ3v) is 6.36. The van der Waals surface area contributed by atoms with E-state index in [4.69, 9.17) is 19.5 Å². The fourth-order valence-corrected chi connectivity index (χ4v) is 4.25. The maximum atomic E-state index is 13.4. The van der Waals surface area contributed by atoms with E-state index in [0.717, 1.165) is 23.3 Å². The molecule has 1 fully saturated rings. The first-order valence-electron chi connectivity index (χ1n) is 10.9. The lowest BCUT2D eigenvalue weighted by atomic mass is 9.92. The molecule has 7 nitrogen and oxygen atoms in total. The third-order valence-electron chi connectivity index (χ3n) is 5.64. The summed E-state index contributed by atoms with van der Waals surface area (Å²) in [5.74, 6) is 0.866. The molecule has 0 unspecified atom stereocenters. The molecule has 3 aromatic rings. The van der Waals surface area contributed by atoms with Crippen LogP contribution in [0.2, 0.25) is 0 Å². The van der Waals surface area contributed by atoms with Crippen LogP contribution in [0.15, 0.2) is 59.6 Å². The number of carbonyl (C=O) groups excluding carboxylic acids is 1. The van der Waals surface area contributed by atoms with Crippen molar-refractivity contribution in [1.29, 1.82) is 5.26 Å². The first-order valence-corrected chi connectivity index (χ1v) is 12.1. The fourth-order valence-electron chi connectivity index (χ4n) is 3.79. The number of ether oxygens (including phenoxy) is 3. The van der Waals surface area contributed by atoms with Gasteiger partial charge in [0.25, 0.3) is 5.91 Å². The summed E-state index contributed by atoms with van der Waals surface area (Å²) in [6, 6.07) is 16.4. The van der Waals surface area contributed by atoms with E-state index >= 15 is 0 Å². The normalized spacial score (nSPS) is 13.7. The average molecular weight is 476 g/mol. The van der Waals surface area contributed by atoms with Gasteiger partial charge in [-0.25, -0.2) is 4.98 Å². The molecular weight excluding hydrogens is 450 g/mol. The predicted molar refractivity (Wildman–Crippen MR) is 131 cm³/mol. The minimum absolute atomic E-state index is 0.164. The van der Waals surface area contributed by atoms with Crippen molar-refractivity contribution in [2.75, 3.05) is 31.9 Å². The van der Waals surface area contributed by atoms with E-state index in [9.17, 15) is 4.79 Å². The minimum atomic E-state index is -0.317. The number of nitrogens with zero attached hydrogens (tertiary/aromatic N) is 2. The Hall–Kier alpha value is -3.54. The number of pyridine rings is 1. The van der Waals surface area contributed by atoms with Gasteiger partial charge in [-0.3, -0.25) is 4.79 Å². The van der Waals surface area contributed by atoms with Gasteiger partial charge in [-0.1, -0.05) is 6.07 Å². The Kier molecular flexibility index (Phi) is 7.68. The van der Waals surface area contributed by atoms with E-state index in [1.54, 1.807) is 36.2 Å². The second-order valence-corrected chi connectivity index (χ2v) is 8.65. The lowest BCUT2D eigenvalue weighted by Crippen LogP contribution is -2.17. The quantitative estimate of drug-likeness (QED) is 0.443. The SMILES string of the molecule is COc1cc(C#N)ccc1Oc1ncc(C2CCOCC2)cc1C(=O)Nc1cccc(SC)c1. The van der Waals surface area contributed by atoms with Gasteiger partial charge in [0, 0.05) is 36.1 Å². The smallest absolute Gasteiger partial charge is 0.261 e. The van der Waals surface area contributed by atoms with E-state index in [0.29, 0.717) is 41.5 Å². The Balaban J connectivity index is 1.69. The zero-order valence-corrected chi connectivity index (χ0v) is 19.9. The molecular formula is C26H25N3O4S. The van der Waals surface area contributed by atoms with Crippen molar-refractivity contribution >= 4 is 23.4 Å². The van der Waals surface area contributed by atoms with Gasteiger partial charge in [0.15, 0.2) is 11.5 Å². The first kappa shape index (κ1) is 23.6. The summed E-state index contributed by atoms with van der Waals surface area (Å²) in [5.41, 5.74) is 2.43. The molecule has 0 aliphatic carbocycles. The number of benzene rings is 2. The molecule has 1 aliphatic heterocycles. The molecule has 34 heavy (non-hydrogen) atoms. The summed E-state index contributed by atoms with van der Waals surface area (Å²) < 4.78 is 16.9. The minimum Gasteiger partial charge on any atom is -0.493 e. The van der Waals surface area contributed by atoms with E-state index < -0.39 is 0 Å². The van der Waals surface area contributed by atoms with Crippen LogP contribution in [-0.4, -0.2) is 37.5 Å². The third kappa shape index (κ3) is 5.50. The van der Waals surface area contributed by atoms with Crippen LogP contribution in [0, 0.1) is 11.3 Å². The van der Waals surface area contributed by atoms with Crippen LogP contribution in [-0.2, 0) is 4.74 Å². The van der Waals surface area contributed by atoms with Gasteiger partial charge < -0.3 is 19.5 Å². The molecule has 0 saturated carbocycles. The molecule has 1 aromatic heterocycles. The van der Waals surface area contributed by atoms with Crippen molar-refractivity contribution in [1.82, 2.24) is 4.98 Å². The van der Waals surface area contributed by atoms with Crippen LogP contribution in [0.4, 0.5) is 5.69 Å². The molecule has 174 valence electrons. The Morgan fingerprint density at radius 3 is 2.74 bits per heavy atom. The molecule has 1 amide bonds. The molecule has 2 aromatic carbocycles. The molecule has 4 rings (SSSR count). The lowest BCUT2D eigenvalue weighted by molar-refractivity contribution is 0.0852. The van der Waals surface area contributed by atoms with Gasteiger partial charge in [-0.05, 0) is 67.0 Å². The second kappa shape index (κ2) is 11.1. The van der Waals surface area contributed by atoms with Gasteiger partial charge in [0.1, 0.15) is 5.56 Å². The number of anilines is 1. The van der Waals surface area contributed by atoms with Crippen molar-refractivity contribution < 1.29 is 19.0 Å². The Morgan fingerprint density at radius 2 is 2.00 bits per heavy atom. The molecule has 0 spiro atoms. The van der Waals surface area contributed by atoms with Gasteiger partial charge in [0.2, 0.25) is 5.88 Å². The Bertz CT molecular complexity index is 1220. The van der Waals surface area contributed by atoms with Crippen LogP contribution >= 0.6 is 11.8 Å². The molecule has 1 aliphatic rings. The number of methoxy groups -OCH3 is 1. The predicted octanol–water partition coefficient (Wildman–Crippen LogP) is 5.62. The van der Waals surface area contributed by atoms with Crippen LogP contribution < -0.4 is 14.8 Å². The largest absolute Gasteiger partial charge is 0.493 e. The number of hydrogen-bond donors (Lipinski definition) is 1. The van der Waals surface area contributed by atoms with E-state index in [-0.39, 0.29) is 17.7 Å². The maximum absolute atomic E-state index is 13.4. The van der Waals surface area contributed by atoms with Gasteiger partial charge >= 0.3 is 0 Å². The maximum Gasteiger partial charge on any atom is 0.261 e. The number of amides is 1. The summed E-state index contributed by atoms with van der Waals surface area (Å²) in [7, 11) is 1.50. The second-order valence-electron chi connectivity index (χ2n) is 7.77. The first-order chi connectivity index (χ1) is 16.6. The van der Waals surface area contributed by atoms with Crippen molar-refractivity contribution in [3.05, 3.63) is 71.4 Å². The van der Waals surface area contributed by atoms with Gasteiger partial charge in [-0.2, -0.15) is 5.26 Å². The summed E-state index contributed by atoms with van der Waals surface area (Å²) in [6.45, 7) is 1.38. The highest BCUT2D eigenvalue weighted by atomic mass is 32.2. The van der Waals surface area contributed by atoms with Crippen molar-refractivity contribution in [2.24, 2.45) is 0 Å². The molecule has 0 radical (unpaired) electrons. The number of hydrogen-bond acceptors (Lipinski definition) is 7. The zero-order chi connectivity index (χ0) is 23.9. The molecule has 0 atom stereocenters. The number of nitriles is 1. The van der Waals surface area contributed by atoms with Gasteiger partial charge in [-0.15, -0.1) is 11.8 Å². The molecule has 8 heteroatoms. The van der Waals surface area contributed by atoms with Gasteiger partial charge in [0.05, 0.1) is 18.7 Å². The number of rotatable bonds is 7. The molecule has 2 heterocycles. The van der Waals surface area contributed by atoms with E-state index in [1.807, 2.05) is 36.6 Å². The van der Waals surface area contributed by atoms with Crippen LogP contribution in [0.5, 0.6) is 17.4 Å².